The molecule has 2 aromatic carbocycles. The Labute approximate surface area is 186 Å². The van der Waals surface area contributed by atoms with Crippen LogP contribution < -0.4 is 10.2 Å². The van der Waals surface area contributed by atoms with E-state index in [1.165, 1.54) is 12.1 Å². The summed E-state index contributed by atoms with van der Waals surface area (Å²) in [6.07, 6.45) is 1.89. The van der Waals surface area contributed by atoms with Gasteiger partial charge in [-0.15, -0.1) is 0 Å². The van der Waals surface area contributed by atoms with E-state index in [1.54, 1.807) is 12.3 Å². The Morgan fingerprint density at radius 2 is 1.77 bits per heavy atom. The number of hydrogen-bond acceptors (Lipinski definition) is 4. The van der Waals surface area contributed by atoms with Crippen LogP contribution in [0.15, 0.2) is 71.3 Å². The van der Waals surface area contributed by atoms with Crippen molar-refractivity contribution in [3.8, 4) is 0 Å². The van der Waals surface area contributed by atoms with Crippen molar-refractivity contribution in [2.75, 3.05) is 37.6 Å². The molecule has 3 aromatic rings. The molecule has 162 valence electrons. The number of carbonyl (C=O) groups is 1. The highest BCUT2D eigenvalue weighted by molar-refractivity contribution is 6.31. The Morgan fingerprint density at radius 3 is 2.45 bits per heavy atom. The van der Waals surface area contributed by atoms with Crippen LogP contribution in [0.2, 0.25) is 5.02 Å². The monoisotopic (exact) mass is 441 g/mol. The van der Waals surface area contributed by atoms with Crippen LogP contribution in [0.25, 0.3) is 0 Å². The van der Waals surface area contributed by atoms with E-state index in [1.807, 2.05) is 42.5 Å². The molecule has 4 rings (SSSR count). The van der Waals surface area contributed by atoms with Crippen molar-refractivity contribution in [2.45, 2.75) is 12.5 Å². The molecule has 1 aliphatic heterocycles. The summed E-state index contributed by atoms with van der Waals surface area (Å²) in [5.74, 6) is 0.524. The SMILES string of the molecule is O=C(Cc1ccccc1Cl)NCC(c1ccco1)N1CCN(c2ccc(F)cc2)CC1. The summed E-state index contributed by atoms with van der Waals surface area (Å²) >= 11 is 6.18. The average Bonchev–Trinajstić information content (AvgIpc) is 3.31. The van der Waals surface area contributed by atoms with Gasteiger partial charge in [-0.05, 0) is 48.0 Å². The van der Waals surface area contributed by atoms with Gasteiger partial charge < -0.3 is 14.6 Å². The number of hydrogen-bond donors (Lipinski definition) is 1. The molecule has 0 radical (unpaired) electrons. The van der Waals surface area contributed by atoms with Gasteiger partial charge in [-0.2, -0.15) is 0 Å². The van der Waals surface area contributed by atoms with Crippen molar-refractivity contribution >= 4 is 23.2 Å². The molecular weight excluding hydrogens is 417 g/mol. The second-order valence-electron chi connectivity index (χ2n) is 7.60. The van der Waals surface area contributed by atoms with Crippen molar-refractivity contribution in [1.82, 2.24) is 10.2 Å². The van der Waals surface area contributed by atoms with Gasteiger partial charge in [0.2, 0.25) is 5.91 Å². The van der Waals surface area contributed by atoms with E-state index in [9.17, 15) is 9.18 Å². The Morgan fingerprint density at radius 1 is 1.03 bits per heavy atom. The molecule has 0 spiro atoms. The molecule has 1 saturated heterocycles. The van der Waals surface area contributed by atoms with Gasteiger partial charge in [0.1, 0.15) is 11.6 Å². The summed E-state index contributed by atoms with van der Waals surface area (Å²) in [7, 11) is 0. The van der Waals surface area contributed by atoms with E-state index < -0.39 is 0 Å². The van der Waals surface area contributed by atoms with Gasteiger partial charge in [0, 0.05) is 43.4 Å². The van der Waals surface area contributed by atoms with Gasteiger partial charge in [0.05, 0.1) is 18.7 Å². The number of carbonyl (C=O) groups excluding carboxylic acids is 1. The highest BCUT2D eigenvalue weighted by atomic mass is 35.5. The highest BCUT2D eigenvalue weighted by Gasteiger charge is 2.27. The Hall–Kier alpha value is -2.83. The number of amides is 1. The molecule has 1 N–H and O–H groups in total. The van der Waals surface area contributed by atoms with Crippen molar-refractivity contribution < 1.29 is 13.6 Å². The normalized spacial score (nSPS) is 15.6. The first-order chi connectivity index (χ1) is 15.1. The quantitative estimate of drug-likeness (QED) is 0.594. The maximum atomic E-state index is 13.2. The molecule has 7 heteroatoms. The lowest BCUT2D eigenvalue weighted by atomic mass is 10.1. The van der Waals surface area contributed by atoms with Gasteiger partial charge in [-0.1, -0.05) is 29.8 Å². The van der Waals surface area contributed by atoms with Crippen LogP contribution >= 0.6 is 11.6 Å². The number of rotatable bonds is 7. The lowest BCUT2D eigenvalue weighted by Gasteiger charge is -2.39. The fraction of sp³-hybridized carbons (Fsp3) is 0.292. The molecule has 5 nitrogen and oxygen atoms in total. The van der Waals surface area contributed by atoms with E-state index in [0.717, 1.165) is 43.2 Å². The van der Waals surface area contributed by atoms with Gasteiger partial charge in [-0.3, -0.25) is 9.69 Å². The molecule has 1 amide bonds. The minimum Gasteiger partial charge on any atom is -0.468 e. The van der Waals surface area contributed by atoms with Crippen molar-refractivity contribution in [3.63, 3.8) is 0 Å². The van der Waals surface area contributed by atoms with Gasteiger partial charge in [0.15, 0.2) is 0 Å². The first kappa shape index (κ1) is 21.4. The number of nitrogens with one attached hydrogen (secondary N) is 1. The van der Waals surface area contributed by atoms with Crippen LogP contribution in [0.1, 0.15) is 17.4 Å². The van der Waals surface area contributed by atoms with Crippen LogP contribution in [0.4, 0.5) is 10.1 Å². The predicted octanol–water partition coefficient (Wildman–Crippen LogP) is 4.29. The van der Waals surface area contributed by atoms with E-state index >= 15 is 0 Å². The zero-order chi connectivity index (χ0) is 21.6. The molecule has 1 unspecified atom stereocenters. The Bertz CT molecular complexity index is 986. The highest BCUT2D eigenvalue weighted by Crippen LogP contribution is 2.25. The fourth-order valence-corrected chi connectivity index (χ4v) is 4.12. The molecule has 0 saturated carbocycles. The second kappa shape index (κ2) is 9.98. The third kappa shape index (κ3) is 5.46. The summed E-state index contributed by atoms with van der Waals surface area (Å²) in [5, 5.41) is 3.63. The van der Waals surface area contributed by atoms with Crippen LogP contribution in [0, 0.1) is 5.82 Å². The number of halogens is 2. The maximum Gasteiger partial charge on any atom is 0.224 e. The number of benzene rings is 2. The van der Waals surface area contributed by atoms with Crippen LogP contribution in [0.3, 0.4) is 0 Å². The van der Waals surface area contributed by atoms with Crippen molar-refractivity contribution in [1.29, 1.82) is 0 Å². The molecular formula is C24H25ClFN3O2. The molecule has 1 atom stereocenters. The molecule has 1 fully saturated rings. The minimum absolute atomic E-state index is 0.0550. The van der Waals surface area contributed by atoms with Crippen LogP contribution in [-0.4, -0.2) is 43.5 Å². The smallest absolute Gasteiger partial charge is 0.224 e. The van der Waals surface area contributed by atoms with Gasteiger partial charge in [0.25, 0.3) is 0 Å². The largest absolute Gasteiger partial charge is 0.468 e. The topological polar surface area (TPSA) is 48.7 Å². The lowest BCUT2D eigenvalue weighted by Crippen LogP contribution is -2.50. The molecule has 1 aliphatic rings. The number of nitrogens with zero attached hydrogens (tertiary/aromatic N) is 2. The van der Waals surface area contributed by atoms with E-state index in [-0.39, 0.29) is 24.2 Å². The Kier molecular flexibility index (Phi) is 6.89. The first-order valence-corrected chi connectivity index (χ1v) is 10.8. The standard InChI is InChI=1S/C24H25ClFN3O2/c25-21-5-2-1-4-18(21)16-24(30)27-17-22(23-6-3-15-31-23)29-13-11-28(12-14-29)20-9-7-19(26)8-10-20/h1-10,15,22H,11-14,16-17H2,(H,27,30). The van der Waals surface area contributed by atoms with E-state index in [0.29, 0.717) is 11.6 Å². The summed E-state index contributed by atoms with van der Waals surface area (Å²) in [6, 6.07) is 17.7. The minimum atomic E-state index is -0.229. The maximum absolute atomic E-state index is 13.2. The zero-order valence-corrected chi connectivity index (χ0v) is 17.9. The third-order valence-electron chi connectivity index (χ3n) is 5.62. The van der Waals surface area contributed by atoms with Gasteiger partial charge in [-0.25, -0.2) is 4.39 Å². The number of furan rings is 1. The van der Waals surface area contributed by atoms with Crippen molar-refractivity contribution in [2.24, 2.45) is 0 Å². The predicted molar refractivity (Wildman–Crippen MR) is 120 cm³/mol. The van der Waals surface area contributed by atoms with E-state index in [2.05, 4.69) is 15.1 Å². The summed E-state index contributed by atoms with van der Waals surface area (Å²) in [4.78, 5) is 17.1. The Balaban J connectivity index is 1.37. The number of anilines is 1. The number of piperazine rings is 1. The first-order valence-electron chi connectivity index (χ1n) is 10.4. The summed E-state index contributed by atoms with van der Waals surface area (Å²) in [5.41, 5.74) is 1.83. The van der Waals surface area contributed by atoms with Crippen LogP contribution in [-0.2, 0) is 11.2 Å². The van der Waals surface area contributed by atoms with E-state index in [4.69, 9.17) is 16.0 Å². The summed E-state index contributed by atoms with van der Waals surface area (Å²) in [6.45, 7) is 3.70. The van der Waals surface area contributed by atoms with Crippen molar-refractivity contribution in [3.05, 3.63) is 89.1 Å². The molecule has 1 aromatic heterocycles. The second-order valence-corrected chi connectivity index (χ2v) is 8.01. The average molecular weight is 442 g/mol. The third-order valence-corrected chi connectivity index (χ3v) is 5.99. The van der Waals surface area contributed by atoms with Gasteiger partial charge >= 0.3 is 0 Å². The molecule has 0 aliphatic carbocycles. The van der Waals surface area contributed by atoms with Crippen LogP contribution in [0.5, 0.6) is 0 Å². The lowest BCUT2D eigenvalue weighted by molar-refractivity contribution is -0.120. The summed E-state index contributed by atoms with van der Waals surface area (Å²) < 4.78 is 18.9. The molecule has 2 heterocycles. The molecule has 0 bridgehead atoms. The zero-order valence-electron chi connectivity index (χ0n) is 17.1. The fourth-order valence-electron chi connectivity index (χ4n) is 3.92. The molecule has 31 heavy (non-hydrogen) atoms.